The molecule has 1 fully saturated rings. The first-order chi connectivity index (χ1) is 11.8. The number of amides is 1. The lowest BCUT2D eigenvalue weighted by Gasteiger charge is -2.34. The van der Waals surface area contributed by atoms with Gasteiger partial charge in [0.15, 0.2) is 0 Å². The summed E-state index contributed by atoms with van der Waals surface area (Å²) in [5.41, 5.74) is 0.953. The SMILES string of the molecule is CCC1=NOC(C(=O)NCCN2CCN(c3ncccn3)CC2)C1. The van der Waals surface area contributed by atoms with E-state index < -0.39 is 6.10 Å². The number of aromatic nitrogens is 2. The highest BCUT2D eigenvalue weighted by Crippen LogP contribution is 2.12. The zero-order valence-electron chi connectivity index (χ0n) is 14.0. The van der Waals surface area contributed by atoms with Gasteiger partial charge in [-0.3, -0.25) is 9.69 Å². The van der Waals surface area contributed by atoms with Gasteiger partial charge in [0.05, 0.1) is 5.71 Å². The Balaban J connectivity index is 1.33. The molecule has 24 heavy (non-hydrogen) atoms. The first-order valence-electron chi connectivity index (χ1n) is 8.50. The third kappa shape index (κ3) is 4.19. The maximum atomic E-state index is 12.0. The molecule has 1 unspecified atom stereocenters. The van der Waals surface area contributed by atoms with Crippen LogP contribution in [0.25, 0.3) is 0 Å². The molecule has 2 aliphatic heterocycles. The largest absolute Gasteiger partial charge is 0.382 e. The van der Waals surface area contributed by atoms with E-state index in [-0.39, 0.29) is 5.91 Å². The average Bonchev–Trinajstić information content (AvgIpc) is 3.12. The van der Waals surface area contributed by atoms with Gasteiger partial charge in [-0.25, -0.2) is 9.97 Å². The van der Waals surface area contributed by atoms with Crippen LogP contribution in [0.1, 0.15) is 19.8 Å². The molecule has 1 N–H and O–H groups in total. The molecule has 3 heterocycles. The lowest BCUT2D eigenvalue weighted by atomic mass is 10.1. The second-order valence-corrected chi connectivity index (χ2v) is 5.98. The molecule has 0 bridgehead atoms. The Kier molecular flexibility index (Phi) is 5.58. The lowest BCUT2D eigenvalue weighted by Crippen LogP contribution is -2.49. The predicted octanol–water partition coefficient (Wildman–Crippen LogP) is 0.270. The van der Waals surface area contributed by atoms with E-state index in [1.165, 1.54) is 0 Å². The van der Waals surface area contributed by atoms with E-state index in [4.69, 9.17) is 4.84 Å². The zero-order chi connectivity index (χ0) is 16.8. The van der Waals surface area contributed by atoms with Crippen LogP contribution in [0.2, 0.25) is 0 Å². The first kappa shape index (κ1) is 16.6. The Morgan fingerprint density at radius 2 is 2.04 bits per heavy atom. The van der Waals surface area contributed by atoms with Gasteiger partial charge in [-0.15, -0.1) is 0 Å². The van der Waals surface area contributed by atoms with Crippen molar-refractivity contribution in [3.63, 3.8) is 0 Å². The van der Waals surface area contributed by atoms with Gasteiger partial charge in [0.2, 0.25) is 12.1 Å². The zero-order valence-corrected chi connectivity index (χ0v) is 14.0. The standard InChI is InChI=1S/C16H24N6O2/c1-2-13-12-14(24-20-13)15(23)17-6-7-21-8-10-22(11-9-21)16-18-4-3-5-19-16/h3-5,14H,2,6-12H2,1H3,(H,17,23). The molecule has 1 saturated heterocycles. The Bertz CT molecular complexity index is 571. The third-order valence-corrected chi connectivity index (χ3v) is 4.37. The van der Waals surface area contributed by atoms with Crippen molar-refractivity contribution in [1.29, 1.82) is 0 Å². The number of carbonyl (C=O) groups is 1. The highest BCUT2D eigenvalue weighted by molar-refractivity contribution is 5.92. The maximum absolute atomic E-state index is 12.0. The van der Waals surface area contributed by atoms with Crippen molar-refractivity contribution in [3.05, 3.63) is 18.5 Å². The summed E-state index contributed by atoms with van der Waals surface area (Å²) in [5, 5.41) is 6.86. The summed E-state index contributed by atoms with van der Waals surface area (Å²) in [4.78, 5) is 30.3. The number of rotatable bonds is 6. The molecule has 3 rings (SSSR count). The van der Waals surface area contributed by atoms with Gasteiger partial charge in [-0.2, -0.15) is 0 Å². The summed E-state index contributed by atoms with van der Waals surface area (Å²) in [6.45, 7) is 7.16. The van der Waals surface area contributed by atoms with Crippen molar-refractivity contribution < 1.29 is 9.63 Å². The Labute approximate surface area is 141 Å². The topological polar surface area (TPSA) is 83.0 Å². The summed E-state index contributed by atoms with van der Waals surface area (Å²) in [6.07, 6.45) is 4.52. The van der Waals surface area contributed by atoms with E-state index >= 15 is 0 Å². The van der Waals surface area contributed by atoms with Crippen molar-refractivity contribution in [1.82, 2.24) is 20.2 Å². The second-order valence-electron chi connectivity index (χ2n) is 5.98. The van der Waals surface area contributed by atoms with Crippen molar-refractivity contribution in [2.24, 2.45) is 5.16 Å². The number of piperazine rings is 1. The van der Waals surface area contributed by atoms with E-state index in [1.54, 1.807) is 12.4 Å². The van der Waals surface area contributed by atoms with Crippen LogP contribution < -0.4 is 10.2 Å². The molecule has 1 aromatic rings. The number of hydrogen-bond acceptors (Lipinski definition) is 7. The fourth-order valence-corrected chi connectivity index (χ4v) is 2.85. The fraction of sp³-hybridized carbons (Fsp3) is 0.625. The summed E-state index contributed by atoms with van der Waals surface area (Å²) in [6, 6.07) is 1.82. The van der Waals surface area contributed by atoms with Crippen molar-refractivity contribution in [2.45, 2.75) is 25.9 Å². The highest BCUT2D eigenvalue weighted by atomic mass is 16.6. The molecule has 8 nitrogen and oxygen atoms in total. The number of hydrogen-bond donors (Lipinski definition) is 1. The van der Waals surface area contributed by atoms with Gasteiger partial charge in [0.25, 0.3) is 5.91 Å². The van der Waals surface area contributed by atoms with Crippen LogP contribution in [-0.2, 0) is 9.63 Å². The van der Waals surface area contributed by atoms with Crippen LogP contribution in [0.5, 0.6) is 0 Å². The van der Waals surface area contributed by atoms with Crippen molar-refractivity contribution >= 4 is 17.6 Å². The van der Waals surface area contributed by atoms with Crippen LogP contribution in [0, 0.1) is 0 Å². The molecular weight excluding hydrogens is 308 g/mol. The van der Waals surface area contributed by atoms with E-state index in [9.17, 15) is 4.79 Å². The minimum Gasteiger partial charge on any atom is -0.382 e. The number of nitrogens with one attached hydrogen (secondary N) is 1. The van der Waals surface area contributed by atoms with Gasteiger partial charge in [0, 0.05) is 58.1 Å². The van der Waals surface area contributed by atoms with Crippen LogP contribution in [-0.4, -0.2) is 71.9 Å². The lowest BCUT2D eigenvalue weighted by molar-refractivity contribution is -0.131. The molecular formula is C16H24N6O2. The van der Waals surface area contributed by atoms with Crippen LogP contribution >= 0.6 is 0 Å². The molecule has 1 aromatic heterocycles. The van der Waals surface area contributed by atoms with E-state index in [0.717, 1.165) is 50.8 Å². The number of anilines is 1. The first-order valence-corrected chi connectivity index (χ1v) is 8.50. The number of carbonyl (C=O) groups excluding carboxylic acids is 1. The Hall–Kier alpha value is -2.22. The highest BCUT2D eigenvalue weighted by Gasteiger charge is 2.27. The quantitative estimate of drug-likeness (QED) is 0.805. The summed E-state index contributed by atoms with van der Waals surface area (Å²) >= 11 is 0. The maximum Gasteiger partial charge on any atom is 0.264 e. The summed E-state index contributed by atoms with van der Waals surface area (Å²) < 4.78 is 0. The number of oxime groups is 1. The Morgan fingerprint density at radius 1 is 1.29 bits per heavy atom. The van der Waals surface area contributed by atoms with Crippen molar-refractivity contribution in [2.75, 3.05) is 44.2 Å². The normalized spacial score (nSPS) is 21.3. The van der Waals surface area contributed by atoms with Gasteiger partial charge in [0.1, 0.15) is 0 Å². The average molecular weight is 332 g/mol. The van der Waals surface area contributed by atoms with E-state index in [0.29, 0.717) is 13.0 Å². The van der Waals surface area contributed by atoms with Crippen molar-refractivity contribution in [3.8, 4) is 0 Å². The van der Waals surface area contributed by atoms with Gasteiger partial charge >= 0.3 is 0 Å². The molecule has 0 radical (unpaired) electrons. The van der Waals surface area contributed by atoms with E-state index in [1.807, 2.05) is 13.0 Å². The number of nitrogens with zero attached hydrogens (tertiary/aromatic N) is 5. The minimum atomic E-state index is -0.452. The molecule has 1 amide bonds. The van der Waals surface area contributed by atoms with Gasteiger partial charge in [-0.1, -0.05) is 12.1 Å². The Morgan fingerprint density at radius 3 is 2.71 bits per heavy atom. The predicted molar refractivity (Wildman–Crippen MR) is 90.9 cm³/mol. The minimum absolute atomic E-state index is 0.0708. The molecule has 8 heteroatoms. The van der Waals surface area contributed by atoms with Crippen LogP contribution in [0.3, 0.4) is 0 Å². The molecule has 0 spiro atoms. The fourth-order valence-electron chi connectivity index (χ4n) is 2.85. The smallest absolute Gasteiger partial charge is 0.264 e. The van der Waals surface area contributed by atoms with E-state index in [2.05, 4.69) is 30.2 Å². The molecule has 0 saturated carbocycles. The van der Waals surface area contributed by atoms with Crippen LogP contribution in [0.15, 0.2) is 23.6 Å². The van der Waals surface area contributed by atoms with Gasteiger partial charge in [-0.05, 0) is 12.5 Å². The van der Waals surface area contributed by atoms with Crippen LogP contribution in [0.4, 0.5) is 5.95 Å². The second kappa shape index (κ2) is 8.05. The molecule has 0 aliphatic carbocycles. The summed E-state index contributed by atoms with van der Waals surface area (Å²) in [5.74, 6) is 0.717. The monoisotopic (exact) mass is 332 g/mol. The molecule has 2 aliphatic rings. The molecule has 1 atom stereocenters. The molecule has 0 aromatic carbocycles. The molecule has 130 valence electrons. The third-order valence-electron chi connectivity index (χ3n) is 4.37. The van der Waals surface area contributed by atoms with Gasteiger partial charge < -0.3 is 15.1 Å². The summed E-state index contributed by atoms with van der Waals surface area (Å²) in [7, 11) is 0.